The van der Waals surface area contributed by atoms with E-state index in [4.69, 9.17) is 0 Å². The van der Waals surface area contributed by atoms with E-state index in [0.717, 1.165) is 0 Å². The highest BCUT2D eigenvalue weighted by molar-refractivity contribution is 7.27. The SMILES string of the molecule is c1cc(-c2cccc3ccccc23)cc(-c2c3ccccc3c(-c3cc4ccccc4c4c3sc3ccccc34)c3ccccc23)c1.c1ccc(-c2c3ccccc3c(-c3cccc4c3sc3cc5ccccc5cc34)c3ccccc23)c(-c2ccc3ccccc3c2)c1.c1ccc2c(-c3ccc(-c4c5ccccc5c(-c5cccc6c5sc5ccc7ccccc7c56)c5ccccc45)cc3)cccc2c1. The van der Waals surface area contributed by atoms with Crippen molar-refractivity contribution in [1.82, 2.24) is 0 Å². The van der Waals surface area contributed by atoms with Gasteiger partial charge in [0.05, 0.1) is 0 Å². The first-order valence-electron chi connectivity index (χ1n) is 48.6. The number of hydrogen-bond acceptors (Lipinski definition) is 3. The van der Waals surface area contributed by atoms with Crippen LogP contribution in [-0.4, -0.2) is 0 Å². The molecule has 0 aliphatic heterocycles. The van der Waals surface area contributed by atoms with E-state index < -0.39 is 0 Å². The van der Waals surface area contributed by atoms with Crippen LogP contribution in [-0.2, 0) is 0 Å². The Balaban J connectivity index is 0.000000104. The molecule has 0 aliphatic carbocycles. The van der Waals surface area contributed by atoms with Crippen molar-refractivity contribution in [2.45, 2.75) is 0 Å². The molecular formula is C138H84S3. The first kappa shape index (κ1) is 82.0. The zero-order chi connectivity index (χ0) is 92.7. The molecule has 30 aromatic rings. The standard InChI is InChI=1S/3C46H28S/c1-3-14-33-29(11-1)13-9-20-34(33)31-23-25-32(26-24-31)43-36-16-5-7-18-38(36)44(39-19-8-6-17-37(39)43)40-21-10-22-41-45-35-15-4-2-12-30(35)27-28-42(45)47-46(40)41;1-3-18-33-29(13-1)15-12-25-34(33)30-16-11-17-32(27-30)43-36-20-5-7-22-38(36)44(39-23-8-6-21-37(39)43)41-28-31-14-2-4-19-35(31)45-40-24-9-10-26-42(40)47-46(41)45;1-2-13-30-26-33(25-24-29(30)12-1)34-16-5-6-17-35(34)44-36-18-7-9-20-38(36)45(39-21-10-8-19-37(39)44)41-23-11-22-40-42-27-31-14-3-4-15-32(31)28-43(42)47-46(40)41/h3*1-28H. The highest BCUT2D eigenvalue weighted by atomic mass is 32.1. The summed E-state index contributed by atoms with van der Waals surface area (Å²) in [6.45, 7) is 0. The molecule has 0 saturated heterocycles. The maximum absolute atomic E-state index is 2.43. The fourth-order valence-corrected chi connectivity index (χ4v) is 27.0. The molecule has 3 heteroatoms. The van der Waals surface area contributed by atoms with Crippen LogP contribution in [0.2, 0.25) is 0 Å². The Bertz CT molecular complexity index is 10200. The molecule has 141 heavy (non-hydrogen) atoms. The highest BCUT2D eigenvalue weighted by Crippen LogP contribution is 2.56. The summed E-state index contributed by atoms with van der Waals surface area (Å²) in [6.07, 6.45) is 0. The maximum atomic E-state index is 2.43. The smallest absolute Gasteiger partial charge is 0.0440 e. The van der Waals surface area contributed by atoms with Crippen molar-refractivity contribution >= 4 is 224 Å². The lowest BCUT2D eigenvalue weighted by Gasteiger charge is -2.20. The van der Waals surface area contributed by atoms with Crippen LogP contribution in [0.5, 0.6) is 0 Å². The van der Waals surface area contributed by atoms with Crippen molar-refractivity contribution in [3.8, 4) is 100 Å². The number of rotatable bonds is 9. The van der Waals surface area contributed by atoms with Crippen molar-refractivity contribution in [1.29, 1.82) is 0 Å². The van der Waals surface area contributed by atoms with Gasteiger partial charge in [0, 0.05) is 77.2 Å². The number of benzene rings is 27. The molecule has 0 fully saturated rings. The minimum atomic E-state index is 1.23. The summed E-state index contributed by atoms with van der Waals surface area (Å²) in [6, 6.07) is 188. The minimum Gasteiger partial charge on any atom is -0.135 e. The molecule has 654 valence electrons. The van der Waals surface area contributed by atoms with Gasteiger partial charge in [-0.1, -0.05) is 467 Å². The van der Waals surface area contributed by atoms with E-state index >= 15 is 0 Å². The Hall–Kier alpha value is -17.3. The number of hydrogen-bond donors (Lipinski definition) is 0. The zero-order valence-electron chi connectivity index (χ0n) is 76.7. The van der Waals surface area contributed by atoms with Crippen LogP contribution in [0.4, 0.5) is 0 Å². The minimum absolute atomic E-state index is 1.23. The van der Waals surface area contributed by atoms with Gasteiger partial charge in [0.25, 0.3) is 0 Å². The molecule has 0 amide bonds. The third kappa shape index (κ3) is 13.6. The summed E-state index contributed by atoms with van der Waals surface area (Å²) < 4.78 is 8.05. The Morgan fingerprint density at radius 1 is 0.106 bits per heavy atom. The van der Waals surface area contributed by atoms with Crippen LogP contribution in [0.15, 0.2) is 510 Å². The molecule has 0 N–H and O–H groups in total. The van der Waals surface area contributed by atoms with Gasteiger partial charge in [0.15, 0.2) is 0 Å². The number of fused-ring (bicyclic) bond motifs is 23. The van der Waals surface area contributed by atoms with E-state index in [1.165, 1.54) is 290 Å². The molecule has 3 heterocycles. The molecule has 0 nitrogen and oxygen atoms in total. The van der Waals surface area contributed by atoms with Gasteiger partial charge in [-0.05, 0) is 255 Å². The Morgan fingerprint density at radius 2 is 0.426 bits per heavy atom. The topological polar surface area (TPSA) is 0 Å². The lowest BCUT2D eigenvalue weighted by Crippen LogP contribution is -1.92. The van der Waals surface area contributed by atoms with E-state index in [1.54, 1.807) is 0 Å². The van der Waals surface area contributed by atoms with Gasteiger partial charge >= 0.3 is 0 Å². The zero-order valence-corrected chi connectivity index (χ0v) is 79.2. The summed E-state index contributed by atoms with van der Waals surface area (Å²) in [7, 11) is 0. The van der Waals surface area contributed by atoms with Crippen molar-refractivity contribution < 1.29 is 0 Å². The second-order valence-corrected chi connectivity index (χ2v) is 40.4. The Kier molecular flexibility index (Phi) is 19.7. The van der Waals surface area contributed by atoms with Gasteiger partial charge in [0.1, 0.15) is 0 Å². The van der Waals surface area contributed by atoms with E-state index in [9.17, 15) is 0 Å². The summed E-state index contributed by atoms with van der Waals surface area (Å²) in [5.41, 5.74) is 22.9. The molecule has 0 radical (unpaired) electrons. The van der Waals surface area contributed by atoms with Crippen LogP contribution in [0.25, 0.3) is 290 Å². The average Bonchev–Trinajstić information content (AvgIpc) is 1.72. The summed E-state index contributed by atoms with van der Waals surface area (Å²) in [5.74, 6) is 0. The van der Waals surface area contributed by atoms with Crippen LogP contribution in [0.1, 0.15) is 0 Å². The molecule has 0 unspecified atom stereocenters. The summed E-state index contributed by atoms with van der Waals surface area (Å²) in [5, 5.41) is 38.8. The first-order valence-corrected chi connectivity index (χ1v) is 51.0. The van der Waals surface area contributed by atoms with Crippen LogP contribution in [0, 0.1) is 0 Å². The second kappa shape index (κ2) is 33.9. The first-order chi connectivity index (χ1) is 70.0. The molecule has 0 spiro atoms. The summed E-state index contributed by atoms with van der Waals surface area (Å²) >= 11 is 5.75. The third-order valence-corrected chi connectivity index (χ3v) is 33.1. The van der Waals surface area contributed by atoms with Crippen LogP contribution in [0.3, 0.4) is 0 Å². The largest absolute Gasteiger partial charge is 0.135 e. The molecule has 0 atom stereocenters. The van der Waals surface area contributed by atoms with Crippen LogP contribution >= 0.6 is 34.0 Å². The highest BCUT2D eigenvalue weighted by Gasteiger charge is 2.27. The fraction of sp³-hybridized carbons (Fsp3) is 0. The van der Waals surface area contributed by atoms with Crippen molar-refractivity contribution in [2.24, 2.45) is 0 Å². The monoisotopic (exact) mass is 1840 g/mol. The number of thiophene rings is 3. The molecular weight excluding hydrogens is 1750 g/mol. The second-order valence-electron chi connectivity index (χ2n) is 37.2. The van der Waals surface area contributed by atoms with Gasteiger partial charge < -0.3 is 0 Å². The van der Waals surface area contributed by atoms with E-state index in [-0.39, 0.29) is 0 Å². The fourth-order valence-electron chi connectivity index (χ4n) is 23.3. The van der Waals surface area contributed by atoms with E-state index in [0.29, 0.717) is 0 Å². The predicted molar refractivity (Wildman–Crippen MR) is 617 cm³/mol. The predicted octanol–water partition coefficient (Wildman–Crippen LogP) is 41.0. The maximum Gasteiger partial charge on any atom is 0.0440 e. The summed E-state index contributed by atoms with van der Waals surface area (Å²) in [4.78, 5) is 0. The lowest BCUT2D eigenvalue weighted by atomic mass is 9.83. The molecule has 0 saturated carbocycles. The average molecular weight is 1840 g/mol. The van der Waals surface area contributed by atoms with Crippen LogP contribution < -0.4 is 0 Å². The lowest BCUT2D eigenvalue weighted by molar-refractivity contribution is 1.62. The van der Waals surface area contributed by atoms with Gasteiger partial charge in [-0.25, -0.2) is 0 Å². The van der Waals surface area contributed by atoms with Gasteiger partial charge in [0.2, 0.25) is 0 Å². The molecule has 27 aromatic carbocycles. The Morgan fingerprint density at radius 3 is 0.986 bits per heavy atom. The van der Waals surface area contributed by atoms with Gasteiger partial charge in [-0.2, -0.15) is 0 Å². The molecule has 0 aliphatic rings. The molecule has 30 rings (SSSR count). The normalized spacial score (nSPS) is 11.8. The van der Waals surface area contributed by atoms with Gasteiger partial charge in [-0.15, -0.1) is 34.0 Å². The quantitative estimate of drug-likeness (QED) is 0.126. The van der Waals surface area contributed by atoms with Gasteiger partial charge in [-0.3, -0.25) is 0 Å². The molecule has 3 aromatic heterocycles. The van der Waals surface area contributed by atoms with Crippen molar-refractivity contribution in [3.05, 3.63) is 510 Å². The molecule has 0 bridgehead atoms. The van der Waals surface area contributed by atoms with Crippen molar-refractivity contribution in [2.75, 3.05) is 0 Å². The van der Waals surface area contributed by atoms with E-state index in [2.05, 4.69) is 510 Å². The Labute approximate surface area is 826 Å². The third-order valence-electron chi connectivity index (χ3n) is 29.5. The van der Waals surface area contributed by atoms with Crippen molar-refractivity contribution in [3.63, 3.8) is 0 Å². The van der Waals surface area contributed by atoms with E-state index in [1.807, 2.05) is 34.0 Å².